The van der Waals surface area contributed by atoms with Crippen LogP contribution in [-0.4, -0.2) is 11.1 Å². The maximum absolute atomic E-state index is 12.1. The van der Waals surface area contributed by atoms with Gasteiger partial charge in [0.25, 0.3) is 5.91 Å². The maximum Gasteiger partial charge on any atom is 0.264 e. The van der Waals surface area contributed by atoms with Crippen molar-refractivity contribution < 1.29 is 4.79 Å². The molecule has 2 aromatic carbocycles. The summed E-state index contributed by atoms with van der Waals surface area (Å²) in [6.45, 7) is 0. The normalized spacial score (nSPS) is 17.8. The minimum absolute atomic E-state index is 0.230. The van der Waals surface area contributed by atoms with Crippen LogP contribution in [0, 0.1) is 0 Å². The lowest BCUT2D eigenvalue weighted by Crippen LogP contribution is -2.19. The van der Waals surface area contributed by atoms with Gasteiger partial charge in [-0.15, -0.1) is 0 Å². The molecule has 1 heterocycles. The minimum Gasteiger partial charge on any atom is -0.300 e. The molecule has 0 aromatic heterocycles. The topological polar surface area (TPSA) is 41.5 Å². The highest BCUT2D eigenvalue weighted by molar-refractivity contribution is 8.18. The summed E-state index contributed by atoms with van der Waals surface area (Å²) in [6, 6.07) is 12.3. The van der Waals surface area contributed by atoms with Gasteiger partial charge in [0.15, 0.2) is 5.17 Å². The van der Waals surface area contributed by atoms with Gasteiger partial charge in [-0.3, -0.25) is 4.79 Å². The molecule has 1 fully saturated rings. The smallest absolute Gasteiger partial charge is 0.264 e. The number of benzene rings is 2. The van der Waals surface area contributed by atoms with Crippen LogP contribution in [0.4, 0.5) is 5.69 Å². The number of aliphatic imine (C=N–C) groups is 1. The van der Waals surface area contributed by atoms with Crippen LogP contribution in [0.1, 0.15) is 5.56 Å². The molecule has 2 aromatic rings. The molecule has 0 spiro atoms. The second-order valence-electron chi connectivity index (χ2n) is 4.60. The Morgan fingerprint density at radius 2 is 1.83 bits per heavy atom. The maximum atomic E-state index is 12.1. The fourth-order valence-corrected chi connectivity index (χ4v) is 3.36. The van der Waals surface area contributed by atoms with Gasteiger partial charge in [-0.05, 0) is 47.7 Å². The number of para-hydroxylation sites is 1. The van der Waals surface area contributed by atoms with Crippen molar-refractivity contribution in [3.8, 4) is 0 Å². The molecule has 0 bridgehead atoms. The first-order valence-electron chi connectivity index (χ1n) is 6.52. The number of amidine groups is 1. The van der Waals surface area contributed by atoms with Crippen LogP contribution in [0.15, 0.2) is 52.4 Å². The second kappa shape index (κ2) is 6.97. The average Bonchev–Trinajstić information content (AvgIpc) is 2.84. The number of rotatable bonds is 2. The number of halogens is 3. The third-order valence-electron chi connectivity index (χ3n) is 2.97. The Labute approximate surface area is 152 Å². The summed E-state index contributed by atoms with van der Waals surface area (Å²) in [4.78, 5) is 16.9. The highest BCUT2D eigenvalue weighted by atomic mass is 35.5. The number of amides is 1. The van der Waals surface area contributed by atoms with Gasteiger partial charge < -0.3 is 5.32 Å². The Hall–Kier alpha value is -1.46. The third-order valence-corrected chi connectivity index (χ3v) is 4.77. The Morgan fingerprint density at radius 3 is 2.57 bits per heavy atom. The van der Waals surface area contributed by atoms with E-state index in [-0.39, 0.29) is 5.91 Å². The van der Waals surface area contributed by atoms with Crippen molar-refractivity contribution in [1.29, 1.82) is 0 Å². The van der Waals surface area contributed by atoms with Gasteiger partial charge in [-0.2, -0.15) is 0 Å². The molecule has 7 heteroatoms. The van der Waals surface area contributed by atoms with Crippen LogP contribution in [0.3, 0.4) is 0 Å². The van der Waals surface area contributed by atoms with E-state index in [2.05, 4.69) is 10.3 Å². The van der Waals surface area contributed by atoms with Crippen LogP contribution >= 0.6 is 46.6 Å². The number of carbonyl (C=O) groups is 1. The van der Waals surface area contributed by atoms with Gasteiger partial charge in [-0.25, -0.2) is 4.99 Å². The van der Waals surface area contributed by atoms with Crippen LogP contribution in [-0.2, 0) is 4.79 Å². The molecule has 23 heavy (non-hydrogen) atoms. The monoisotopic (exact) mass is 382 g/mol. The molecule has 116 valence electrons. The summed E-state index contributed by atoms with van der Waals surface area (Å²) >= 11 is 19.3. The molecule has 1 amide bonds. The van der Waals surface area contributed by atoms with Crippen molar-refractivity contribution in [2.24, 2.45) is 4.99 Å². The van der Waals surface area contributed by atoms with E-state index < -0.39 is 0 Å². The minimum atomic E-state index is -0.230. The Balaban J connectivity index is 1.88. The Morgan fingerprint density at radius 1 is 1.04 bits per heavy atom. The van der Waals surface area contributed by atoms with Crippen LogP contribution in [0.25, 0.3) is 6.08 Å². The molecule has 1 saturated heterocycles. The number of nitrogens with one attached hydrogen (secondary N) is 1. The Kier molecular flexibility index (Phi) is 4.97. The quantitative estimate of drug-likeness (QED) is 0.692. The predicted molar refractivity (Wildman–Crippen MR) is 98.7 cm³/mol. The number of hydrogen-bond acceptors (Lipinski definition) is 3. The predicted octanol–water partition coefficient (Wildman–Crippen LogP) is 5.54. The van der Waals surface area contributed by atoms with E-state index in [9.17, 15) is 4.79 Å². The molecule has 0 saturated carbocycles. The molecular formula is C16H9Cl3N2OS. The van der Waals surface area contributed by atoms with Crippen molar-refractivity contribution in [1.82, 2.24) is 5.32 Å². The average molecular weight is 384 g/mol. The first kappa shape index (κ1) is 16.4. The zero-order valence-electron chi connectivity index (χ0n) is 11.5. The SMILES string of the molecule is O=C1NC(=Nc2ccccc2Cl)S/C1=C/c1ccc(Cl)cc1Cl. The van der Waals surface area contributed by atoms with E-state index in [1.54, 1.807) is 36.4 Å². The zero-order valence-corrected chi connectivity index (χ0v) is 14.6. The zero-order chi connectivity index (χ0) is 16.4. The summed E-state index contributed by atoms with van der Waals surface area (Å²) < 4.78 is 0. The van der Waals surface area contributed by atoms with Crippen LogP contribution in [0.5, 0.6) is 0 Å². The van der Waals surface area contributed by atoms with Crippen molar-refractivity contribution >= 4 is 69.4 Å². The molecule has 1 N–H and O–H groups in total. The molecule has 3 nitrogen and oxygen atoms in total. The van der Waals surface area contributed by atoms with E-state index in [0.717, 1.165) is 0 Å². The number of nitrogens with zero attached hydrogens (tertiary/aromatic N) is 1. The largest absolute Gasteiger partial charge is 0.300 e. The molecule has 3 rings (SSSR count). The van der Waals surface area contributed by atoms with E-state index in [1.165, 1.54) is 11.8 Å². The van der Waals surface area contributed by atoms with Crippen molar-refractivity contribution in [2.45, 2.75) is 0 Å². The lowest BCUT2D eigenvalue weighted by molar-refractivity contribution is -0.115. The highest BCUT2D eigenvalue weighted by Crippen LogP contribution is 2.32. The fourth-order valence-electron chi connectivity index (χ4n) is 1.89. The molecule has 0 unspecified atom stereocenters. The Bertz CT molecular complexity index is 849. The highest BCUT2D eigenvalue weighted by Gasteiger charge is 2.24. The summed E-state index contributed by atoms with van der Waals surface area (Å²) in [6.07, 6.45) is 1.70. The van der Waals surface area contributed by atoms with Crippen molar-refractivity contribution in [3.05, 3.63) is 68.0 Å². The van der Waals surface area contributed by atoms with E-state index in [0.29, 0.717) is 36.4 Å². The molecular weight excluding hydrogens is 375 g/mol. The van der Waals surface area contributed by atoms with Gasteiger partial charge in [0.05, 0.1) is 15.6 Å². The molecule has 1 aliphatic heterocycles. The second-order valence-corrected chi connectivity index (χ2v) is 6.88. The summed E-state index contributed by atoms with van der Waals surface area (Å²) in [5, 5.41) is 4.73. The lowest BCUT2D eigenvalue weighted by atomic mass is 10.2. The van der Waals surface area contributed by atoms with Gasteiger partial charge in [0, 0.05) is 10.0 Å². The first-order valence-corrected chi connectivity index (χ1v) is 8.47. The summed E-state index contributed by atoms with van der Waals surface area (Å²) in [5.74, 6) is -0.230. The molecule has 0 aliphatic carbocycles. The summed E-state index contributed by atoms with van der Waals surface area (Å²) in [7, 11) is 0. The van der Waals surface area contributed by atoms with Crippen molar-refractivity contribution in [2.75, 3.05) is 0 Å². The van der Waals surface area contributed by atoms with Gasteiger partial charge in [0.1, 0.15) is 0 Å². The van der Waals surface area contributed by atoms with Gasteiger partial charge >= 0.3 is 0 Å². The standard InChI is InChI=1S/C16H9Cl3N2OS/c17-10-6-5-9(12(19)8-10)7-14-15(22)21-16(23-14)20-13-4-2-1-3-11(13)18/h1-8H,(H,20,21,22)/b14-7+. The van der Waals surface area contributed by atoms with E-state index in [4.69, 9.17) is 34.8 Å². The molecule has 1 aliphatic rings. The number of thioether (sulfide) groups is 1. The van der Waals surface area contributed by atoms with Gasteiger partial charge in [-0.1, -0.05) is 53.0 Å². The lowest BCUT2D eigenvalue weighted by Gasteiger charge is -1.99. The van der Waals surface area contributed by atoms with Gasteiger partial charge in [0.2, 0.25) is 0 Å². The number of hydrogen-bond donors (Lipinski definition) is 1. The molecule has 0 atom stereocenters. The van der Waals surface area contributed by atoms with E-state index >= 15 is 0 Å². The third kappa shape index (κ3) is 3.90. The first-order chi connectivity index (χ1) is 11.0. The van der Waals surface area contributed by atoms with Crippen LogP contribution in [0.2, 0.25) is 15.1 Å². The van der Waals surface area contributed by atoms with Crippen LogP contribution < -0.4 is 5.32 Å². The van der Waals surface area contributed by atoms with Crippen molar-refractivity contribution in [3.63, 3.8) is 0 Å². The fraction of sp³-hybridized carbons (Fsp3) is 0. The van der Waals surface area contributed by atoms with E-state index in [1.807, 2.05) is 12.1 Å². The summed E-state index contributed by atoms with van der Waals surface area (Å²) in [5.41, 5.74) is 1.32. The molecule has 0 radical (unpaired) electrons. The number of carbonyl (C=O) groups excluding carboxylic acids is 1.